The summed E-state index contributed by atoms with van der Waals surface area (Å²) in [6.45, 7) is 19.5. The molecule has 0 amide bonds. The predicted molar refractivity (Wildman–Crippen MR) is 186 cm³/mol. The van der Waals surface area contributed by atoms with E-state index in [1.807, 2.05) is 13.0 Å². The molecule has 230 valence electrons. The van der Waals surface area contributed by atoms with Crippen LogP contribution in [0.2, 0.25) is 0 Å². The van der Waals surface area contributed by atoms with Crippen molar-refractivity contribution < 1.29 is 10.2 Å². The molecular formula is C40H58O2. The van der Waals surface area contributed by atoms with Crippen LogP contribution in [0.1, 0.15) is 94.4 Å². The normalized spacial score (nSPS) is 21.9. The van der Waals surface area contributed by atoms with Gasteiger partial charge in [-0.25, -0.2) is 0 Å². The van der Waals surface area contributed by atoms with E-state index in [9.17, 15) is 5.11 Å². The van der Waals surface area contributed by atoms with Gasteiger partial charge in [0.15, 0.2) is 0 Å². The highest BCUT2D eigenvalue weighted by Crippen LogP contribution is 2.41. The van der Waals surface area contributed by atoms with Crippen LogP contribution in [0, 0.1) is 11.3 Å². The third-order valence-electron chi connectivity index (χ3n) is 7.67. The smallest absolute Gasteiger partial charge is 0.0729 e. The third-order valence-corrected chi connectivity index (χ3v) is 7.67. The Kier molecular flexibility index (Phi) is 17.7. The summed E-state index contributed by atoms with van der Waals surface area (Å²) in [7, 11) is 0. The van der Waals surface area contributed by atoms with Crippen molar-refractivity contribution in [3.8, 4) is 0 Å². The molecule has 1 aliphatic carbocycles. The van der Waals surface area contributed by atoms with Gasteiger partial charge in [0.1, 0.15) is 0 Å². The third kappa shape index (κ3) is 16.5. The fourth-order valence-corrected chi connectivity index (χ4v) is 5.05. The second-order valence-electron chi connectivity index (χ2n) is 12.7. The zero-order valence-electron chi connectivity index (χ0n) is 28.0. The van der Waals surface area contributed by atoms with Crippen LogP contribution >= 0.6 is 0 Å². The number of rotatable bonds is 15. The molecule has 2 heteroatoms. The van der Waals surface area contributed by atoms with Gasteiger partial charge in [-0.2, -0.15) is 0 Å². The SMILES string of the molecule is CC1=CC(O)CC(C)(C)C1/C=C/C(C)=C/C=C/C(C)=C/C=C/C=C(C)/C=C/C=C(\C)CC/C=C(\C)CC/C=C(/C)CO. The van der Waals surface area contributed by atoms with Crippen LogP contribution in [-0.4, -0.2) is 22.9 Å². The molecule has 0 aromatic heterocycles. The molecule has 2 unspecified atom stereocenters. The van der Waals surface area contributed by atoms with Crippen molar-refractivity contribution in [1.29, 1.82) is 0 Å². The van der Waals surface area contributed by atoms with Gasteiger partial charge in [0.25, 0.3) is 0 Å². The van der Waals surface area contributed by atoms with Crippen molar-refractivity contribution in [1.82, 2.24) is 0 Å². The van der Waals surface area contributed by atoms with E-state index in [-0.39, 0.29) is 18.1 Å². The Balaban J connectivity index is 2.53. The van der Waals surface area contributed by atoms with Gasteiger partial charge in [0.05, 0.1) is 12.7 Å². The lowest BCUT2D eigenvalue weighted by molar-refractivity contribution is 0.117. The monoisotopic (exact) mass is 570 g/mol. The standard InChI is InChI=1S/C40H58O2/c1-31(18-12-20-33(3)21-13-22-34(4)23-15-25-36(6)30-41)16-10-11-17-32(2)19-14-24-35(5)26-27-39-37(7)28-38(42)29-40(39,8)9/h10-12,14,16-20,22,24-28,38-39,41-42H,13,15,21,23,29-30H2,1-9H3/b11-10+,18-12+,19-14+,27-26+,31-16+,32-17+,33-20+,34-22+,35-24+,36-25-. The van der Waals surface area contributed by atoms with E-state index in [1.165, 1.54) is 33.4 Å². The van der Waals surface area contributed by atoms with Crippen molar-refractivity contribution in [2.24, 2.45) is 11.3 Å². The summed E-state index contributed by atoms with van der Waals surface area (Å²) < 4.78 is 0. The maximum Gasteiger partial charge on any atom is 0.0729 e. The first-order valence-electron chi connectivity index (χ1n) is 15.5. The molecule has 0 saturated carbocycles. The average Bonchev–Trinajstić information content (AvgIpc) is 2.89. The summed E-state index contributed by atoms with van der Waals surface area (Å²) in [5.74, 6) is 0.352. The maximum absolute atomic E-state index is 10.1. The van der Waals surface area contributed by atoms with Crippen molar-refractivity contribution >= 4 is 0 Å². The number of aliphatic hydroxyl groups excluding tert-OH is 2. The second-order valence-corrected chi connectivity index (χ2v) is 12.7. The highest BCUT2D eigenvalue weighted by atomic mass is 16.3. The van der Waals surface area contributed by atoms with Crippen molar-refractivity contribution in [2.75, 3.05) is 6.61 Å². The molecule has 0 aliphatic heterocycles. The first kappa shape index (κ1) is 37.1. The largest absolute Gasteiger partial charge is 0.392 e. The fraction of sp³-hybridized carbons (Fsp3) is 0.450. The van der Waals surface area contributed by atoms with E-state index in [0.29, 0.717) is 5.92 Å². The summed E-state index contributed by atoms with van der Waals surface area (Å²) >= 11 is 0. The van der Waals surface area contributed by atoms with Crippen LogP contribution in [0.4, 0.5) is 0 Å². The van der Waals surface area contributed by atoms with Gasteiger partial charge in [-0.15, -0.1) is 0 Å². The van der Waals surface area contributed by atoms with Crippen LogP contribution in [-0.2, 0) is 0 Å². The quantitative estimate of drug-likeness (QED) is 0.152. The molecule has 2 N–H and O–H groups in total. The lowest BCUT2D eigenvalue weighted by atomic mass is 9.67. The molecule has 1 aliphatic rings. The summed E-state index contributed by atoms with van der Waals surface area (Å²) in [6.07, 6.45) is 36.9. The predicted octanol–water partition coefficient (Wildman–Crippen LogP) is 10.8. The molecular weight excluding hydrogens is 512 g/mol. The van der Waals surface area contributed by atoms with Crippen LogP contribution in [0.15, 0.2) is 130 Å². The van der Waals surface area contributed by atoms with Gasteiger partial charge in [-0.3, -0.25) is 0 Å². The van der Waals surface area contributed by atoms with E-state index in [0.717, 1.165) is 37.7 Å². The van der Waals surface area contributed by atoms with Gasteiger partial charge >= 0.3 is 0 Å². The highest BCUT2D eigenvalue weighted by molar-refractivity contribution is 5.32. The summed E-state index contributed by atoms with van der Waals surface area (Å²) in [6, 6.07) is 0. The van der Waals surface area contributed by atoms with E-state index in [4.69, 9.17) is 5.11 Å². The molecule has 42 heavy (non-hydrogen) atoms. The first-order chi connectivity index (χ1) is 19.8. The number of allylic oxidation sites excluding steroid dienone is 20. The zero-order valence-corrected chi connectivity index (χ0v) is 28.0. The molecule has 0 heterocycles. The molecule has 1 rings (SSSR count). The fourth-order valence-electron chi connectivity index (χ4n) is 5.05. The minimum Gasteiger partial charge on any atom is -0.392 e. The summed E-state index contributed by atoms with van der Waals surface area (Å²) in [5, 5.41) is 19.1. The Morgan fingerprint density at radius 1 is 0.738 bits per heavy atom. The van der Waals surface area contributed by atoms with Crippen molar-refractivity contribution in [3.63, 3.8) is 0 Å². The molecule has 0 bridgehead atoms. The lowest BCUT2D eigenvalue weighted by Crippen LogP contribution is -2.32. The molecule has 0 radical (unpaired) electrons. The number of aliphatic hydroxyl groups is 2. The summed E-state index contributed by atoms with van der Waals surface area (Å²) in [5.41, 5.74) is 8.77. The molecule has 0 aromatic carbocycles. The molecule has 2 nitrogen and oxygen atoms in total. The number of hydrogen-bond donors (Lipinski definition) is 2. The van der Waals surface area contributed by atoms with Crippen LogP contribution in [0.25, 0.3) is 0 Å². The summed E-state index contributed by atoms with van der Waals surface area (Å²) in [4.78, 5) is 0. The molecule has 0 saturated heterocycles. The van der Waals surface area contributed by atoms with Gasteiger partial charge in [-0.1, -0.05) is 144 Å². The van der Waals surface area contributed by atoms with Gasteiger partial charge in [0, 0.05) is 5.92 Å². The topological polar surface area (TPSA) is 40.5 Å². The van der Waals surface area contributed by atoms with Crippen molar-refractivity contribution in [2.45, 2.75) is 101 Å². The van der Waals surface area contributed by atoms with E-state index in [1.54, 1.807) is 0 Å². The molecule has 0 spiro atoms. The number of hydrogen-bond acceptors (Lipinski definition) is 2. The average molecular weight is 571 g/mol. The van der Waals surface area contributed by atoms with E-state index >= 15 is 0 Å². The Morgan fingerprint density at radius 2 is 1.24 bits per heavy atom. The Hall–Kier alpha value is -2.94. The van der Waals surface area contributed by atoms with Gasteiger partial charge in [-0.05, 0) is 86.0 Å². The van der Waals surface area contributed by atoms with Gasteiger partial charge < -0.3 is 10.2 Å². The highest BCUT2D eigenvalue weighted by Gasteiger charge is 2.34. The maximum atomic E-state index is 10.1. The van der Waals surface area contributed by atoms with Crippen LogP contribution < -0.4 is 0 Å². The van der Waals surface area contributed by atoms with Crippen molar-refractivity contribution in [3.05, 3.63) is 130 Å². The first-order valence-corrected chi connectivity index (χ1v) is 15.5. The minimum absolute atomic E-state index is 0.0608. The Morgan fingerprint density at radius 3 is 1.81 bits per heavy atom. The second kappa shape index (κ2) is 20.1. The van der Waals surface area contributed by atoms with E-state index in [2.05, 4.69) is 140 Å². The molecule has 0 aromatic rings. The molecule has 2 atom stereocenters. The zero-order chi connectivity index (χ0) is 31.5. The lowest BCUT2D eigenvalue weighted by Gasteiger charge is -2.38. The van der Waals surface area contributed by atoms with Crippen LogP contribution in [0.5, 0.6) is 0 Å². The Bertz CT molecular complexity index is 1180. The van der Waals surface area contributed by atoms with E-state index < -0.39 is 0 Å². The minimum atomic E-state index is -0.328. The molecule has 0 fully saturated rings. The van der Waals surface area contributed by atoms with Gasteiger partial charge in [0.2, 0.25) is 0 Å². The van der Waals surface area contributed by atoms with Crippen LogP contribution in [0.3, 0.4) is 0 Å². The Labute approximate surface area is 258 Å².